The van der Waals surface area contributed by atoms with Gasteiger partial charge in [0, 0.05) is 25.2 Å². The van der Waals surface area contributed by atoms with Gasteiger partial charge in [0.1, 0.15) is 18.1 Å². The maximum atomic E-state index is 12.5. The molecule has 0 aliphatic rings. The predicted molar refractivity (Wildman–Crippen MR) is 131 cm³/mol. The topological polar surface area (TPSA) is 164 Å². The van der Waals surface area contributed by atoms with Gasteiger partial charge in [0.15, 0.2) is 5.84 Å². The Morgan fingerprint density at radius 1 is 0.886 bits per heavy atom. The molecule has 0 fully saturated rings. The smallest absolute Gasteiger partial charge is 0.252 e. The number of amidine groups is 2. The van der Waals surface area contributed by atoms with E-state index < -0.39 is 45.2 Å². The number of sulfonamides is 1. The molecule has 1 atom stereocenters. The molecule has 0 saturated heterocycles. The number of nitrogens with zero attached hydrogens (tertiary/aromatic N) is 4. The van der Waals surface area contributed by atoms with Crippen molar-refractivity contribution in [3.05, 3.63) is 71.8 Å². The van der Waals surface area contributed by atoms with E-state index in [4.69, 9.17) is 0 Å². The molecule has 2 amide bonds. The van der Waals surface area contributed by atoms with Crippen molar-refractivity contribution in [1.29, 1.82) is 0 Å². The second-order valence-corrected chi connectivity index (χ2v) is 9.67. The summed E-state index contributed by atoms with van der Waals surface area (Å²) < 4.78 is 49.1. The molecule has 35 heavy (non-hydrogen) atoms. The molecule has 0 radical (unpaired) electrons. The molecule has 0 bridgehead atoms. The molecule has 1 unspecified atom stereocenters. The molecule has 2 aromatic rings. The number of carbonyl (C=O) groups is 2. The number of benzene rings is 2. The Morgan fingerprint density at radius 2 is 1.31 bits per heavy atom. The molecule has 188 valence electrons. The van der Waals surface area contributed by atoms with Crippen LogP contribution in [0.15, 0.2) is 70.1 Å². The van der Waals surface area contributed by atoms with Crippen LogP contribution >= 0.6 is 0 Å². The van der Waals surface area contributed by atoms with Gasteiger partial charge in [-0.3, -0.25) is 39.7 Å². The quantitative estimate of drug-likeness (QED) is 0.169. The molecule has 0 saturated carbocycles. The first kappa shape index (κ1) is 27.6. The van der Waals surface area contributed by atoms with Crippen molar-refractivity contribution in [2.45, 2.75) is 6.42 Å². The summed E-state index contributed by atoms with van der Waals surface area (Å²) in [4.78, 5) is 28.9. The Hall–Kier alpha value is -3.62. The normalized spacial score (nSPS) is 13.0. The zero-order valence-corrected chi connectivity index (χ0v) is 20.9. The third kappa shape index (κ3) is 9.64. The van der Waals surface area contributed by atoms with Crippen molar-refractivity contribution in [2.24, 2.45) is 9.39 Å². The van der Waals surface area contributed by atoms with Gasteiger partial charge >= 0.3 is 0 Å². The lowest BCUT2D eigenvalue weighted by atomic mass is 10.2. The van der Waals surface area contributed by atoms with Gasteiger partial charge in [-0.1, -0.05) is 60.7 Å². The lowest BCUT2D eigenvalue weighted by molar-refractivity contribution is -0.132. The van der Waals surface area contributed by atoms with Gasteiger partial charge in [-0.2, -0.15) is 0 Å². The average Bonchev–Trinajstić information content (AvgIpc) is 2.77. The highest BCUT2D eigenvalue weighted by molar-refractivity contribution is 7.89. The number of hydrogen-bond donors (Lipinski definition) is 2. The van der Waals surface area contributed by atoms with E-state index in [1.807, 2.05) is 0 Å². The van der Waals surface area contributed by atoms with Gasteiger partial charge in [0.05, 0.1) is 6.26 Å². The van der Waals surface area contributed by atoms with Crippen molar-refractivity contribution in [3.8, 4) is 0 Å². The van der Waals surface area contributed by atoms with E-state index in [1.54, 1.807) is 60.7 Å². The lowest BCUT2D eigenvalue weighted by Crippen LogP contribution is -2.48. The third-order valence-electron chi connectivity index (χ3n) is 4.18. The Bertz CT molecular complexity index is 1220. The number of aliphatic imine (C=N–C) groups is 1. The number of rotatable bonds is 7. The molecule has 2 rings (SSSR count). The summed E-state index contributed by atoms with van der Waals surface area (Å²) in [6.45, 7) is 0. The largest absolute Gasteiger partial charge is 0.771 e. The fourth-order valence-electron chi connectivity index (χ4n) is 2.85. The molecule has 0 aliphatic carbocycles. The van der Waals surface area contributed by atoms with Crippen LogP contribution in [0.4, 0.5) is 0 Å². The van der Waals surface area contributed by atoms with Crippen LogP contribution in [-0.2, 0) is 30.7 Å². The molecule has 0 spiro atoms. The summed E-state index contributed by atoms with van der Waals surface area (Å²) in [6, 6.07) is 16.9. The summed E-state index contributed by atoms with van der Waals surface area (Å²) >= 11 is -2.43. The Morgan fingerprint density at radius 3 is 1.74 bits per heavy atom. The Balaban J connectivity index is 2.09. The van der Waals surface area contributed by atoms with Crippen molar-refractivity contribution in [3.63, 3.8) is 0 Å². The first-order chi connectivity index (χ1) is 16.5. The number of carbonyl (C=O) groups excluding carboxylic acids is 2. The fourth-order valence-corrected chi connectivity index (χ4v) is 3.62. The van der Waals surface area contributed by atoms with Gasteiger partial charge in [-0.05, 0) is 11.1 Å². The molecule has 2 aromatic carbocycles. The van der Waals surface area contributed by atoms with Crippen LogP contribution in [-0.4, -0.2) is 76.9 Å². The fraction of sp³-hybridized carbons (Fsp3) is 0.238. The van der Waals surface area contributed by atoms with Gasteiger partial charge < -0.3 is 4.55 Å². The van der Waals surface area contributed by atoms with Crippen LogP contribution in [0.1, 0.15) is 17.5 Å². The molecule has 0 heterocycles. The minimum atomic E-state index is -3.79. The number of amides is 2. The summed E-state index contributed by atoms with van der Waals surface area (Å²) in [6.07, 6.45) is 0.300. The van der Waals surface area contributed by atoms with Crippen LogP contribution < -0.4 is 10.9 Å². The highest BCUT2D eigenvalue weighted by Crippen LogP contribution is 2.07. The predicted octanol–water partition coefficient (Wildman–Crippen LogP) is -0.00770. The summed E-state index contributed by atoms with van der Waals surface area (Å²) in [5.41, 5.74) is 5.86. The van der Waals surface area contributed by atoms with Gasteiger partial charge in [0.2, 0.25) is 11.8 Å². The van der Waals surface area contributed by atoms with Gasteiger partial charge in [-0.15, -0.1) is 4.40 Å². The first-order valence-electron chi connectivity index (χ1n) is 10.0. The highest BCUT2D eigenvalue weighted by atomic mass is 32.2. The Labute approximate surface area is 206 Å². The lowest BCUT2D eigenvalue weighted by Gasteiger charge is -2.24. The van der Waals surface area contributed by atoms with Crippen LogP contribution in [0.25, 0.3) is 0 Å². The maximum absolute atomic E-state index is 12.5. The van der Waals surface area contributed by atoms with Gasteiger partial charge in [0.25, 0.3) is 10.0 Å². The van der Waals surface area contributed by atoms with E-state index in [2.05, 4.69) is 20.2 Å². The van der Waals surface area contributed by atoms with Crippen LogP contribution in [0, 0.1) is 0 Å². The molecule has 12 nitrogen and oxygen atoms in total. The number of hydrogen-bond acceptors (Lipinski definition) is 7. The van der Waals surface area contributed by atoms with E-state index in [9.17, 15) is 26.8 Å². The SMILES string of the molecule is CN(NC(=O)CC(=O)NN(C)C(=NS(C)(=O)=O)c1ccccc1)C(=NCS(=O)[O-])c1ccccc1. The standard InChI is InChI=1S/C21H26N6O6S2/c1-26(20(22-15-34(30)31)16-10-6-4-7-11-16)23-18(28)14-19(29)24-27(2)21(25-35(3,32)33)17-12-8-5-9-13-17/h4-13H,14-15H2,1-3H3,(H,23,28)(H,24,29)(H,30,31)/p-1. The third-order valence-corrected chi connectivity index (χ3v) is 5.02. The number of nitrogens with one attached hydrogen (secondary N) is 2. The van der Waals surface area contributed by atoms with Crippen molar-refractivity contribution in [1.82, 2.24) is 20.9 Å². The minimum absolute atomic E-state index is 0.0388. The average molecular weight is 522 g/mol. The first-order valence-corrected chi connectivity index (χ1v) is 13.1. The summed E-state index contributed by atoms with van der Waals surface area (Å²) in [7, 11) is -0.944. The van der Waals surface area contributed by atoms with Crippen molar-refractivity contribution in [2.75, 3.05) is 26.2 Å². The molecular formula is C21H25N6O6S2-. The molecule has 0 aliphatic heterocycles. The minimum Gasteiger partial charge on any atom is -0.771 e. The second kappa shape index (κ2) is 12.7. The summed E-state index contributed by atoms with van der Waals surface area (Å²) in [5.74, 6) is -1.84. The number of hydrazine groups is 2. The van der Waals surface area contributed by atoms with Crippen LogP contribution in [0.5, 0.6) is 0 Å². The van der Waals surface area contributed by atoms with E-state index in [1.165, 1.54) is 19.1 Å². The monoisotopic (exact) mass is 521 g/mol. The zero-order valence-electron chi connectivity index (χ0n) is 19.2. The molecule has 14 heteroatoms. The van der Waals surface area contributed by atoms with Crippen molar-refractivity contribution < 1.29 is 26.8 Å². The van der Waals surface area contributed by atoms with E-state index >= 15 is 0 Å². The van der Waals surface area contributed by atoms with E-state index in [0.717, 1.165) is 11.3 Å². The van der Waals surface area contributed by atoms with E-state index in [-0.39, 0.29) is 11.7 Å². The van der Waals surface area contributed by atoms with Crippen LogP contribution in [0.3, 0.4) is 0 Å². The molecule has 2 N–H and O–H groups in total. The van der Waals surface area contributed by atoms with Gasteiger partial charge in [-0.25, -0.2) is 8.42 Å². The summed E-state index contributed by atoms with van der Waals surface area (Å²) in [5, 5.41) is 2.32. The Kier molecular flexibility index (Phi) is 10.1. The van der Waals surface area contributed by atoms with E-state index in [0.29, 0.717) is 11.1 Å². The maximum Gasteiger partial charge on any atom is 0.252 e. The molecular weight excluding hydrogens is 496 g/mol. The highest BCUT2D eigenvalue weighted by Gasteiger charge is 2.19. The van der Waals surface area contributed by atoms with Crippen molar-refractivity contribution >= 4 is 44.6 Å². The van der Waals surface area contributed by atoms with Crippen LogP contribution in [0.2, 0.25) is 0 Å². The molecule has 0 aromatic heterocycles. The second-order valence-electron chi connectivity index (χ2n) is 7.16. The zero-order chi connectivity index (χ0) is 26.0.